The van der Waals surface area contributed by atoms with Crippen LogP contribution >= 0.6 is 0 Å². The van der Waals surface area contributed by atoms with E-state index in [0.29, 0.717) is 35.8 Å². The predicted octanol–water partition coefficient (Wildman–Crippen LogP) is 6.43. The van der Waals surface area contributed by atoms with Crippen molar-refractivity contribution in [3.05, 3.63) is 130 Å². The Balaban J connectivity index is 1.39. The van der Waals surface area contributed by atoms with Gasteiger partial charge in [0.05, 0.1) is 14.2 Å². The van der Waals surface area contributed by atoms with Crippen LogP contribution in [0.25, 0.3) is 12.2 Å². The maximum atomic E-state index is 12.6. The third kappa shape index (κ3) is 8.60. The van der Waals surface area contributed by atoms with Gasteiger partial charge in [-0.1, -0.05) is 66.7 Å². The number of aryl methyl sites for hydroxylation is 1. The van der Waals surface area contributed by atoms with Crippen LogP contribution in [0.4, 0.5) is 0 Å². The lowest BCUT2D eigenvalue weighted by Gasteiger charge is -2.12. The lowest BCUT2D eigenvalue weighted by molar-refractivity contribution is -0.129. The van der Waals surface area contributed by atoms with Crippen LogP contribution < -0.4 is 24.3 Å². The number of methoxy groups -OCH3 is 2. The molecule has 1 N–H and O–H groups in total. The molecule has 0 aliphatic carbocycles. The van der Waals surface area contributed by atoms with E-state index in [1.807, 2.05) is 73.7 Å². The highest BCUT2D eigenvalue weighted by molar-refractivity contribution is 6.01. The van der Waals surface area contributed by atoms with Crippen molar-refractivity contribution in [2.45, 2.75) is 20.1 Å². The molecule has 222 valence electrons. The fourth-order valence-electron chi connectivity index (χ4n) is 4.19. The molecular weight excluding hydrogens is 556 g/mol. The van der Waals surface area contributed by atoms with E-state index >= 15 is 0 Å². The minimum absolute atomic E-state index is 0.0716. The molecule has 44 heavy (non-hydrogen) atoms. The van der Waals surface area contributed by atoms with Gasteiger partial charge in [0.15, 0.2) is 23.0 Å². The Bertz CT molecular complexity index is 1720. The molecule has 0 unspecified atom stereocenters. The molecule has 0 saturated heterocycles. The van der Waals surface area contributed by atoms with E-state index < -0.39 is 11.9 Å². The highest BCUT2D eigenvalue weighted by Crippen LogP contribution is 2.31. The maximum Gasteiger partial charge on any atom is 0.336 e. The first-order valence-electron chi connectivity index (χ1n) is 13.8. The number of nitrogens with zero attached hydrogens (tertiary/aromatic N) is 1. The van der Waals surface area contributed by atoms with Gasteiger partial charge in [-0.25, -0.2) is 4.79 Å². The Kier molecular flexibility index (Phi) is 10.9. The summed E-state index contributed by atoms with van der Waals surface area (Å²) in [5.74, 6) is 0.442. The van der Waals surface area contributed by atoms with Crippen LogP contribution in [0.15, 0.2) is 103 Å². The number of nitrogens with one attached hydrogen (secondary N) is 1. The normalized spacial score (nSPS) is 11.0. The van der Waals surface area contributed by atoms with Gasteiger partial charge in [-0.3, -0.25) is 4.79 Å². The number of amides is 1. The molecule has 0 heterocycles. The molecule has 4 rings (SSSR count). The molecule has 0 bridgehead atoms. The number of hydrogen-bond donors (Lipinski definition) is 1. The molecule has 0 fully saturated rings. The number of esters is 1. The number of carbonyl (C=O) groups is 2. The maximum absolute atomic E-state index is 12.6. The molecule has 4 aromatic rings. The van der Waals surface area contributed by atoms with Gasteiger partial charge in [-0.05, 0) is 71.2 Å². The Labute approximate surface area is 256 Å². The summed E-state index contributed by atoms with van der Waals surface area (Å²) in [5, 5.41) is 12.3. The molecule has 0 aromatic heterocycles. The largest absolute Gasteiger partial charge is 0.493 e. The second-order valence-electron chi connectivity index (χ2n) is 9.63. The lowest BCUT2D eigenvalue weighted by atomic mass is 10.1. The summed E-state index contributed by atoms with van der Waals surface area (Å²) in [6, 6.07) is 29.4. The molecule has 0 spiro atoms. The minimum atomic E-state index is -0.622. The zero-order chi connectivity index (χ0) is 31.3. The summed E-state index contributed by atoms with van der Waals surface area (Å²) in [5.41, 5.74) is 4.30. The summed E-state index contributed by atoms with van der Waals surface area (Å²) >= 11 is 0. The SMILES string of the molecule is COc1cc(/C=C/C(=O)Oc2ccc(/C=C(\C#N)C(=O)NCc3ccccc3)cc2OC)ccc1OCc1ccccc1C. The number of benzene rings is 4. The number of hydrogen-bond acceptors (Lipinski definition) is 7. The van der Waals surface area contributed by atoms with Gasteiger partial charge in [-0.2, -0.15) is 5.26 Å². The third-order valence-corrected chi connectivity index (χ3v) is 6.61. The molecule has 0 saturated carbocycles. The topological polar surface area (TPSA) is 107 Å². The highest BCUT2D eigenvalue weighted by Gasteiger charge is 2.13. The van der Waals surface area contributed by atoms with Crippen LogP contribution in [0.2, 0.25) is 0 Å². The van der Waals surface area contributed by atoms with Crippen molar-refractivity contribution in [1.29, 1.82) is 5.26 Å². The molecule has 8 heteroatoms. The smallest absolute Gasteiger partial charge is 0.336 e. The van der Waals surface area contributed by atoms with Crippen LogP contribution in [0.5, 0.6) is 23.0 Å². The van der Waals surface area contributed by atoms with E-state index in [1.54, 1.807) is 37.5 Å². The van der Waals surface area contributed by atoms with Crippen molar-refractivity contribution in [3.8, 4) is 29.1 Å². The first-order chi connectivity index (χ1) is 21.4. The van der Waals surface area contributed by atoms with E-state index in [2.05, 4.69) is 5.32 Å². The second-order valence-corrected chi connectivity index (χ2v) is 9.63. The summed E-state index contributed by atoms with van der Waals surface area (Å²) in [6.45, 7) is 2.73. The molecule has 4 aromatic carbocycles. The molecule has 8 nitrogen and oxygen atoms in total. The van der Waals surface area contributed by atoms with Gasteiger partial charge < -0.3 is 24.3 Å². The number of ether oxygens (including phenoxy) is 4. The highest BCUT2D eigenvalue weighted by atomic mass is 16.6. The van der Waals surface area contributed by atoms with Gasteiger partial charge in [-0.15, -0.1) is 0 Å². The fourth-order valence-corrected chi connectivity index (χ4v) is 4.19. The standard InChI is InChI=1S/C36H32N2O6/c1-25-9-7-8-12-29(25)24-43-31-16-13-26(20-33(31)41-2)15-18-35(39)44-32-17-14-28(21-34(32)42-3)19-30(22-37)36(40)38-23-27-10-5-4-6-11-27/h4-21H,23-24H2,1-3H3,(H,38,40)/b18-15+,30-19+. The fraction of sp³-hybridized carbons (Fsp3) is 0.139. The van der Waals surface area contributed by atoms with E-state index in [1.165, 1.54) is 25.3 Å². The zero-order valence-electron chi connectivity index (χ0n) is 24.7. The van der Waals surface area contributed by atoms with Crippen LogP contribution in [0.1, 0.15) is 27.8 Å². The quantitative estimate of drug-likeness (QED) is 0.0879. The third-order valence-electron chi connectivity index (χ3n) is 6.61. The van der Waals surface area contributed by atoms with E-state index in [-0.39, 0.29) is 17.1 Å². The average molecular weight is 589 g/mol. The summed E-state index contributed by atoms with van der Waals surface area (Å²) in [7, 11) is 2.99. The van der Waals surface area contributed by atoms with Gasteiger partial charge in [0.2, 0.25) is 0 Å². The van der Waals surface area contributed by atoms with E-state index in [4.69, 9.17) is 18.9 Å². The molecule has 0 radical (unpaired) electrons. The van der Waals surface area contributed by atoms with Gasteiger partial charge in [0.1, 0.15) is 18.2 Å². The van der Waals surface area contributed by atoms with Crippen LogP contribution in [0, 0.1) is 18.3 Å². The predicted molar refractivity (Wildman–Crippen MR) is 168 cm³/mol. The minimum Gasteiger partial charge on any atom is -0.493 e. The Hall–Kier alpha value is -5.81. The molecular formula is C36H32N2O6. The average Bonchev–Trinajstić information content (AvgIpc) is 3.05. The van der Waals surface area contributed by atoms with Crippen LogP contribution in [-0.2, 0) is 22.7 Å². The zero-order valence-corrected chi connectivity index (χ0v) is 24.7. The Morgan fingerprint density at radius 2 is 1.48 bits per heavy atom. The van der Waals surface area contributed by atoms with Crippen molar-refractivity contribution >= 4 is 24.0 Å². The van der Waals surface area contributed by atoms with Gasteiger partial charge in [0, 0.05) is 12.6 Å². The molecule has 0 aliphatic rings. The Morgan fingerprint density at radius 1 is 0.818 bits per heavy atom. The van der Waals surface area contributed by atoms with E-state index in [0.717, 1.165) is 16.7 Å². The number of rotatable bonds is 12. The van der Waals surface area contributed by atoms with Gasteiger partial charge >= 0.3 is 5.97 Å². The second kappa shape index (κ2) is 15.4. The monoisotopic (exact) mass is 588 g/mol. The summed E-state index contributed by atoms with van der Waals surface area (Å²) < 4.78 is 22.3. The van der Waals surface area contributed by atoms with Crippen molar-refractivity contribution in [3.63, 3.8) is 0 Å². The number of carbonyl (C=O) groups excluding carboxylic acids is 2. The summed E-state index contributed by atoms with van der Waals surface area (Å²) in [6.07, 6.45) is 4.34. The van der Waals surface area contributed by atoms with Crippen LogP contribution in [0.3, 0.4) is 0 Å². The van der Waals surface area contributed by atoms with E-state index in [9.17, 15) is 14.9 Å². The molecule has 0 aliphatic heterocycles. The van der Waals surface area contributed by atoms with Gasteiger partial charge in [0.25, 0.3) is 5.91 Å². The van der Waals surface area contributed by atoms with Crippen LogP contribution in [-0.4, -0.2) is 26.1 Å². The van der Waals surface area contributed by atoms with Crippen molar-refractivity contribution in [2.24, 2.45) is 0 Å². The Morgan fingerprint density at radius 3 is 2.20 bits per heavy atom. The van der Waals surface area contributed by atoms with Crippen molar-refractivity contribution in [1.82, 2.24) is 5.32 Å². The lowest BCUT2D eigenvalue weighted by Crippen LogP contribution is -2.23. The van der Waals surface area contributed by atoms with Crippen molar-refractivity contribution < 1.29 is 28.5 Å². The number of nitriles is 1. The summed E-state index contributed by atoms with van der Waals surface area (Å²) in [4.78, 5) is 25.2. The first kappa shape index (κ1) is 31.1. The molecule has 1 amide bonds. The first-order valence-corrected chi connectivity index (χ1v) is 13.8. The molecule has 0 atom stereocenters. The van der Waals surface area contributed by atoms with Crippen molar-refractivity contribution in [2.75, 3.05) is 14.2 Å².